The Labute approximate surface area is 122 Å². The first-order valence-corrected chi connectivity index (χ1v) is 6.67. The zero-order valence-corrected chi connectivity index (χ0v) is 11.5. The van der Waals surface area contributed by atoms with Gasteiger partial charge in [0, 0.05) is 29.5 Å². The third-order valence-corrected chi connectivity index (χ3v) is 3.29. The molecule has 0 aromatic heterocycles. The number of benzene rings is 2. The number of anilines is 3. The molecule has 0 radical (unpaired) electrons. The van der Waals surface area contributed by atoms with Crippen molar-refractivity contribution in [3.8, 4) is 0 Å². The van der Waals surface area contributed by atoms with Gasteiger partial charge in [-0.1, -0.05) is 24.3 Å². The highest BCUT2D eigenvalue weighted by molar-refractivity contribution is 6.04. The van der Waals surface area contributed by atoms with Gasteiger partial charge >= 0.3 is 0 Å². The smallest absolute Gasteiger partial charge is 0.251 e. The largest absolute Gasteiger partial charge is 0.370 e. The summed E-state index contributed by atoms with van der Waals surface area (Å²) in [5, 5.41) is 8.76. The van der Waals surface area contributed by atoms with E-state index in [9.17, 15) is 9.59 Å². The molecule has 0 saturated carbocycles. The summed E-state index contributed by atoms with van der Waals surface area (Å²) in [6, 6.07) is 14.5. The van der Waals surface area contributed by atoms with Crippen LogP contribution in [0.2, 0.25) is 0 Å². The Morgan fingerprint density at radius 2 is 1.86 bits per heavy atom. The fourth-order valence-corrected chi connectivity index (χ4v) is 2.41. The average molecular weight is 281 g/mol. The summed E-state index contributed by atoms with van der Waals surface area (Å²) in [5.41, 5.74) is 3.22. The van der Waals surface area contributed by atoms with Gasteiger partial charge in [-0.2, -0.15) is 0 Å². The van der Waals surface area contributed by atoms with E-state index >= 15 is 0 Å². The van der Waals surface area contributed by atoms with Gasteiger partial charge in [0.05, 0.1) is 0 Å². The number of hydrogen-bond donors (Lipinski definition) is 3. The normalized spacial score (nSPS) is 16.0. The second kappa shape index (κ2) is 5.28. The summed E-state index contributed by atoms with van der Waals surface area (Å²) < 4.78 is 0. The van der Waals surface area contributed by atoms with Crippen molar-refractivity contribution in [2.75, 3.05) is 16.0 Å². The van der Waals surface area contributed by atoms with E-state index in [4.69, 9.17) is 0 Å². The van der Waals surface area contributed by atoms with E-state index in [1.54, 1.807) is 12.1 Å². The molecule has 1 aliphatic heterocycles. The first kappa shape index (κ1) is 13.2. The number of carbonyl (C=O) groups excluding carboxylic acids is 2. The maximum absolute atomic E-state index is 12.1. The maximum atomic E-state index is 12.1. The minimum absolute atomic E-state index is 0.0823. The topological polar surface area (TPSA) is 70.2 Å². The quantitative estimate of drug-likeness (QED) is 0.810. The van der Waals surface area contributed by atoms with Crippen LogP contribution in [0, 0.1) is 0 Å². The highest BCUT2D eigenvalue weighted by Gasteiger charge is 2.29. The molecule has 0 fully saturated rings. The lowest BCUT2D eigenvalue weighted by Crippen LogP contribution is -2.19. The highest BCUT2D eigenvalue weighted by atomic mass is 16.2. The molecule has 1 aliphatic rings. The molecule has 2 aromatic rings. The first-order chi connectivity index (χ1) is 10.1. The number of carbonyl (C=O) groups is 2. The summed E-state index contributed by atoms with van der Waals surface area (Å²) >= 11 is 0. The third kappa shape index (κ3) is 2.72. The number of hydrogen-bond acceptors (Lipinski definition) is 3. The summed E-state index contributed by atoms with van der Waals surface area (Å²) in [5.74, 6) is -0.211. The Balaban J connectivity index is 1.84. The lowest BCUT2D eigenvalue weighted by Gasteiger charge is -2.14. The van der Waals surface area contributed by atoms with Crippen molar-refractivity contribution in [1.82, 2.24) is 0 Å². The molecule has 0 aliphatic carbocycles. The van der Waals surface area contributed by atoms with Crippen molar-refractivity contribution < 1.29 is 9.59 Å². The van der Waals surface area contributed by atoms with E-state index in [-0.39, 0.29) is 11.8 Å². The van der Waals surface area contributed by atoms with E-state index in [2.05, 4.69) is 16.0 Å². The van der Waals surface area contributed by atoms with Gasteiger partial charge < -0.3 is 16.0 Å². The van der Waals surface area contributed by atoms with Crippen LogP contribution >= 0.6 is 0 Å². The van der Waals surface area contributed by atoms with E-state index in [0.717, 1.165) is 16.9 Å². The van der Waals surface area contributed by atoms with E-state index in [0.29, 0.717) is 5.69 Å². The van der Waals surface area contributed by atoms with Gasteiger partial charge in [-0.3, -0.25) is 9.59 Å². The molecule has 0 bridgehead atoms. The Morgan fingerprint density at radius 3 is 2.67 bits per heavy atom. The molecule has 1 atom stereocenters. The van der Waals surface area contributed by atoms with Crippen molar-refractivity contribution in [3.05, 3.63) is 54.1 Å². The zero-order chi connectivity index (χ0) is 14.8. The molecule has 0 spiro atoms. The van der Waals surface area contributed by atoms with Gasteiger partial charge in [0.1, 0.15) is 6.04 Å². The predicted octanol–water partition coefficient (Wildman–Crippen LogP) is 2.75. The lowest BCUT2D eigenvalue weighted by atomic mass is 10.1. The molecule has 1 heterocycles. The Morgan fingerprint density at radius 1 is 1.10 bits per heavy atom. The van der Waals surface area contributed by atoms with Gasteiger partial charge in [-0.25, -0.2) is 0 Å². The monoisotopic (exact) mass is 281 g/mol. The average Bonchev–Trinajstić information content (AvgIpc) is 2.75. The third-order valence-electron chi connectivity index (χ3n) is 3.29. The molecule has 1 unspecified atom stereocenters. The number of para-hydroxylation sites is 1. The molecule has 5 nitrogen and oxygen atoms in total. The summed E-state index contributed by atoms with van der Waals surface area (Å²) in [6.07, 6.45) is 0. The van der Waals surface area contributed by atoms with Crippen LogP contribution in [0.1, 0.15) is 18.5 Å². The Kier molecular flexibility index (Phi) is 3.31. The van der Waals surface area contributed by atoms with Crippen molar-refractivity contribution >= 4 is 28.9 Å². The second-order valence-corrected chi connectivity index (χ2v) is 4.92. The summed E-state index contributed by atoms with van der Waals surface area (Å²) in [7, 11) is 0. The molecule has 21 heavy (non-hydrogen) atoms. The SMILES string of the molecule is CC(=O)Nc1cccc(NC2C(=O)Nc3ccccc32)c1. The van der Waals surface area contributed by atoms with Crippen LogP contribution in [-0.2, 0) is 9.59 Å². The van der Waals surface area contributed by atoms with Gasteiger partial charge in [-0.05, 0) is 24.3 Å². The zero-order valence-electron chi connectivity index (χ0n) is 11.5. The number of fused-ring (bicyclic) bond motifs is 1. The minimum Gasteiger partial charge on any atom is -0.370 e. The molecular formula is C16H15N3O2. The van der Waals surface area contributed by atoms with Crippen LogP contribution in [0.3, 0.4) is 0 Å². The molecular weight excluding hydrogens is 266 g/mol. The van der Waals surface area contributed by atoms with Crippen molar-refractivity contribution in [2.24, 2.45) is 0 Å². The molecule has 5 heteroatoms. The van der Waals surface area contributed by atoms with Gasteiger partial charge in [-0.15, -0.1) is 0 Å². The summed E-state index contributed by atoms with van der Waals surface area (Å²) in [4.78, 5) is 23.1. The fraction of sp³-hybridized carbons (Fsp3) is 0.125. The summed E-state index contributed by atoms with van der Waals surface area (Å²) in [6.45, 7) is 1.46. The van der Waals surface area contributed by atoms with Crippen molar-refractivity contribution in [3.63, 3.8) is 0 Å². The van der Waals surface area contributed by atoms with Gasteiger partial charge in [0.15, 0.2) is 0 Å². The molecule has 2 aromatic carbocycles. The Bertz CT molecular complexity index is 712. The lowest BCUT2D eigenvalue weighted by molar-refractivity contribution is -0.116. The van der Waals surface area contributed by atoms with Crippen LogP contribution in [0.25, 0.3) is 0 Å². The molecule has 106 valence electrons. The molecule has 2 amide bonds. The van der Waals surface area contributed by atoms with Crippen molar-refractivity contribution in [2.45, 2.75) is 13.0 Å². The first-order valence-electron chi connectivity index (χ1n) is 6.67. The van der Waals surface area contributed by atoms with Crippen LogP contribution in [0.15, 0.2) is 48.5 Å². The number of amides is 2. The number of nitrogens with one attached hydrogen (secondary N) is 3. The van der Waals surface area contributed by atoms with Crippen LogP contribution in [0.4, 0.5) is 17.1 Å². The fourth-order valence-electron chi connectivity index (χ4n) is 2.41. The molecule has 0 saturated heterocycles. The van der Waals surface area contributed by atoms with Crippen molar-refractivity contribution in [1.29, 1.82) is 0 Å². The predicted molar refractivity (Wildman–Crippen MR) is 82.2 cm³/mol. The van der Waals surface area contributed by atoms with Crippen LogP contribution in [-0.4, -0.2) is 11.8 Å². The highest BCUT2D eigenvalue weighted by Crippen LogP contribution is 2.33. The van der Waals surface area contributed by atoms with Crippen LogP contribution < -0.4 is 16.0 Å². The van der Waals surface area contributed by atoms with E-state index in [1.807, 2.05) is 36.4 Å². The van der Waals surface area contributed by atoms with Gasteiger partial charge in [0.25, 0.3) is 5.91 Å². The second-order valence-electron chi connectivity index (χ2n) is 4.92. The standard InChI is InChI=1S/C16H15N3O2/c1-10(20)17-11-5-4-6-12(9-11)18-15-13-7-2-3-8-14(13)19-16(15)21/h2-9,15,18H,1H3,(H,17,20)(H,19,21). The number of rotatable bonds is 3. The Hall–Kier alpha value is -2.82. The minimum atomic E-state index is -0.422. The molecule has 3 N–H and O–H groups in total. The van der Waals surface area contributed by atoms with Gasteiger partial charge in [0.2, 0.25) is 5.91 Å². The van der Waals surface area contributed by atoms with E-state index in [1.165, 1.54) is 6.92 Å². The van der Waals surface area contributed by atoms with E-state index < -0.39 is 6.04 Å². The molecule has 3 rings (SSSR count). The van der Waals surface area contributed by atoms with Crippen LogP contribution in [0.5, 0.6) is 0 Å². The maximum Gasteiger partial charge on any atom is 0.251 e.